The van der Waals surface area contributed by atoms with Crippen LogP contribution in [-0.4, -0.2) is 32.5 Å². The molecule has 3 aromatic heterocycles. The molecule has 0 radical (unpaired) electrons. The minimum atomic E-state index is -4.33. The van der Waals surface area contributed by atoms with Crippen molar-refractivity contribution in [2.45, 2.75) is 32.1 Å². The van der Waals surface area contributed by atoms with Gasteiger partial charge >= 0.3 is 6.18 Å². The van der Waals surface area contributed by atoms with Crippen molar-refractivity contribution in [1.82, 2.24) is 19.4 Å². The summed E-state index contributed by atoms with van der Waals surface area (Å²) >= 11 is 0. The van der Waals surface area contributed by atoms with E-state index in [1.165, 1.54) is 0 Å². The summed E-state index contributed by atoms with van der Waals surface area (Å²) in [5.74, 6) is 0.381. The van der Waals surface area contributed by atoms with Gasteiger partial charge in [0.2, 0.25) is 0 Å². The van der Waals surface area contributed by atoms with Crippen LogP contribution in [0.2, 0.25) is 0 Å². The molecule has 1 aliphatic rings. The van der Waals surface area contributed by atoms with E-state index in [1.807, 2.05) is 18.5 Å². The number of likely N-dealkylation sites (tertiary alicyclic amines) is 1. The van der Waals surface area contributed by atoms with Crippen LogP contribution in [0.25, 0.3) is 21.9 Å². The highest BCUT2D eigenvalue weighted by Gasteiger charge is 2.31. The number of piperidine rings is 1. The second-order valence-corrected chi connectivity index (χ2v) is 8.61. The SMILES string of the molecule is C[C@@H]1CCN(Cc2ccc(C(F)(F)F)cc2)C[C@@H]1n1ccc(=O)c2cnc3[nH]ccc3c21. The first-order valence-electron chi connectivity index (χ1n) is 10.7. The lowest BCUT2D eigenvalue weighted by atomic mass is 9.92. The van der Waals surface area contributed by atoms with E-state index in [0.717, 1.165) is 53.8 Å². The Labute approximate surface area is 182 Å². The summed E-state index contributed by atoms with van der Waals surface area (Å²) < 4.78 is 40.8. The first-order chi connectivity index (χ1) is 15.3. The molecule has 0 bridgehead atoms. The van der Waals surface area contributed by atoms with Crippen LogP contribution >= 0.6 is 0 Å². The Morgan fingerprint density at radius 2 is 1.91 bits per heavy atom. The second kappa shape index (κ2) is 7.78. The van der Waals surface area contributed by atoms with Crippen molar-refractivity contribution in [2.75, 3.05) is 13.1 Å². The van der Waals surface area contributed by atoms with Crippen LogP contribution in [-0.2, 0) is 12.7 Å². The topological polar surface area (TPSA) is 53.9 Å². The number of pyridine rings is 2. The Bertz CT molecular complexity index is 1320. The van der Waals surface area contributed by atoms with Gasteiger partial charge in [-0.25, -0.2) is 4.98 Å². The number of hydrogen-bond donors (Lipinski definition) is 1. The number of aromatic amines is 1. The highest BCUT2D eigenvalue weighted by molar-refractivity contribution is 6.02. The fourth-order valence-electron chi connectivity index (χ4n) is 4.72. The third kappa shape index (κ3) is 3.68. The van der Waals surface area contributed by atoms with Crippen molar-refractivity contribution in [3.63, 3.8) is 0 Å². The number of rotatable bonds is 3. The summed E-state index contributed by atoms with van der Waals surface area (Å²) in [5.41, 5.74) is 1.78. The number of benzene rings is 1. The number of nitrogens with one attached hydrogen (secondary N) is 1. The predicted octanol–water partition coefficient (Wildman–Crippen LogP) is 4.98. The van der Waals surface area contributed by atoms with Crippen molar-refractivity contribution < 1.29 is 13.2 Å². The first kappa shape index (κ1) is 20.8. The van der Waals surface area contributed by atoms with Gasteiger partial charge in [0, 0.05) is 49.2 Å². The van der Waals surface area contributed by atoms with Crippen molar-refractivity contribution in [3.8, 4) is 0 Å². The predicted molar refractivity (Wildman–Crippen MR) is 117 cm³/mol. The smallest absolute Gasteiger partial charge is 0.346 e. The van der Waals surface area contributed by atoms with Crippen LogP contribution in [0.1, 0.15) is 30.5 Å². The second-order valence-electron chi connectivity index (χ2n) is 8.61. The summed E-state index contributed by atoms with van der Waals surface area (Å²) in [6.45, 7) is 4.41. The highest BCUT2D eigenvalue weighted by Crippen LogP contribution is 2.33. The molecule has 5 nitrogen and oxygen atoms in total. The fourth-order valence-corrected chi connectivity index (χ4v) is 4.72. The Balaban J connectivity index is 1.47. The van der Waals surface area contributed by atoms with Gasteiger partial charge in [0.25, 0.3) is 0 Å². The number of alkyl halides is 3. The summed E-state index contributed by atoms with van der Waals surface area (Å²) in [7, 11) is 0. The quantitative estimate of drug-likeness (QED) is 0.489. The van der Waals surface area contributed by atoms with E-state index in [-0.39, 0.29) is 11.5 Å². The molecule has 1 N–H and O–H groups in total. The molecule has 32 heavy (non-hydrogen) atoms. The van der Waals surface area contributed by atoms with Gasteiger partial charge in [0.1, 0.15) is 5.65 Å². The summed E-state index contributed by atoms with van der Waals surface area (Å²) in [6.07, 6.45) is 1.94. The molecule has 4 heterocycles. The van der Waals surface area contributed by atoms with E-state index in [9.17, 15) is 18.0 Å². The lowest BCUT2D eigenvalue weighted by molar-refractivity contribution is -0.137. The minimum Gasteiger partial charge on any atom is -0.346 e. The largest absolute Gasteiger partial charge is 0.416 e. The van der Waals surface area contributed by atoms with E-state index in [1.54, 1.807) is 24.4 Å². The van der Waals surface area contributed by atoms with Crippen molar-refractivity contribution >= 4 is 21.9 Å². The van der Waals surface area contributed by atoms with E-state index < -0.39 is 11.7 Å². The molecule has 0 unspecified atom stereocenters. The molecule has 1 aromatic carbocycles. The zero-order chi connectivity index (χ0) is 22.5. The molecule has 166 valence electrons. The number of aromatic nitrogens is 3. The van der Waals surface area contributed by atoms with Crippen LogP contribution in [0.15, 0.2) is 59.8 Å². The van der Waals surface area contributed by atoms with Gasteiger partial charge in [-0.15, -0.1) is 0 Å². The van der Waals surface area contributed by atoms with Crippen LogP contribution < -0.4 is 5.43 Å². The number of fused-ring (bicyclic) bond motifs is 3. The summed E-state index contributed by atoms with van der Waals surface area (Å²) in [4.78, 5) is 22.3. The number of H-pyrrole nitrogens is 1. The molecular weight excluding hydrogens is 417 g/mol. The number of halogens is 3. The first-order valence-corrected chi connectivity index (χ1v) is 10.7. The normalized spacial score (nSPS) is 20.2. The molecule has 2 atom stereocenters. The van der Waals surface area contributed by atoms with E-state index in [4.69, 9.17) is 0 Å². The number of nitrogens with zero attached hydrogens (tertiary/aromatic N) is 3. The number of hydrogen-bond acceptors (Lipinski definition) is 3. The van der Waals surface area contributed by atoms with Gasteiger partial charge in [0.15, 0.2) is 5.43 Å². The van der Waals surface area contributed by atoms with Gasteiger partial charge in [-0.05, 0) is 42.6 Å². The van der Waals surface area contributed by atoms with E-state index in [0.29, 0.717) is 17.8 Å². The van der Waals surface area contributed by atoms with Gasteiger partial charge in [0.05, 0.1) is 16.5 Å². The van der Waals surface area contributed by atoms with Gasteiger partial charge < -0.3 is 9.55 Å². The lowest BCUT2D eigenvalue weighted by Gasteiger charge is -2.39. The van der Waals surface area contributed by atoms with Crippen LogP contribution in [0, 0.1) is 5.92 Å². The monoisotopic (exact) mass is 440 g/mol. The molecule has 1 fully saturated rings. The molecule has 5 rings (SSSR count). The third-order valence-electron chi connectivity index (χ3n) is 6.52. The molecule has 0 amide bonds. The molecule has 1 aliphatic heterocycles. The van der Waals surface area contributed by atoms with Crippen LogP contribution in [0.4, 0.5) is 13.2 Å². The molecule has 0 aliphatic carbocycles. The summed E-state index contributed by atoms with van der Waals surface area (Å²) in [5, 5.41) is 1.50. The van der Waals surface area contributed by atoms with Crippen molar-refractivity contribution in [2.24, 2.45) is 5.92 Å². The van der Waals surface area contributed by atoms with Crippen molar-refractivity contribution in [1.29, 1.82) is 0 Å². The standard InChI is InChI=1S/C24H23F3N4O/c1-15-7-10-30(13-16-2-4-17(5-3-16)24(25,26)27)14-20(15)31-11-8-21(32)19-12-29-23-18(22(19)31)6-9-28-23/h2-6,8-9,11-12,15,20H,7,10,13-14H2,1H3,(H,28,29)/t15-,20+/m1/s1. The van der Waals surface area contributed by atoms with Crippen LogP contribution in [0.5, 0.6) is 0 Å². The Kier molecular flexibility index (Phi) is 5.04. The molecular formula is C24H23F3N4O. The zero-order valence-corrected chi connectivity index (χ0v) is 17.6. The molecule has 8 heteroatoms. The maximum atomic E-state index is 12.9. The Hall–Kier alpha value is -3.13. The van der Waals surface area contributed by atoms with Gasteiger partial charge in [-0.2, -0.15) is 13.2 Å². The Morgan fingerprint density at radius 1 is 1.12 bits per heavy atom. The van der Waals surface area contributed by atoms with E-state index >= 15 is 0 Å². The van der Waals surface area contributed by atoms with E-state index in [2.05, 4.69) is 26.4 Å². The maximum absolute atomic E-state index is 12.9. The highest BCUT2D eigenvalue weighted by atomic mass is 19.4. The third-order valence-corrected chi connectivity index (χ3v) is 6.52. The van der Waals surface area contributed by atoms with Gasteiger partial charge in [-0.1, -0.05) is 19.1 Å². The summed E-state index contributed by atoms with van der Waals surface area (Å²) in [6, 6.07) is 9.05. The average molecular weight is 440 g/mol. The lowest BCUT2D eigenvalue weighted by Crippen LogP contribution is -2.40. The minimum absolute atomic E-state index is 0.0584. The van der Waals surface area contributed by atoms with Gasteiger partial charge in [-0.3, -0.25) is 9.69 Å². The Morgan fingerprint density at radius 3 is 2.66 bits per heavy atom. The molecule has 0 spiro atoms. The molecule has 4 aromatic rings. The average Bonchev–Trinajstić information content (AvgIpc) is 3.25. The van der Waals surface area contributed by atoms with Crippen molar-refractivity contribution in [3.05, 3.63) is 76.3 Å². The molecule has 0 saturated carbocycles. The maximum Gasteiger partial charge on any atom is 0.416 e. The fraction of sp³-hybridized carbons (Fsp3) is 0.333. The van der Waals surface area contributed by atoms with Crippen LogP contribution in [0.3, 0.4) is 0 Å². The molecule has 1 saturated heterocycles. The zero-order valence-electron chi connectivity index (χ0n) is 17.6.